The molecule has 1 saturated carbocycles. The number of benzene rings is 1. The summed E-state index contributed by atoms with van der Waals surface area (Å²) in [5, 5.41) is 10.0. The molecule has 1 fully saturated rings. The van der Waals surface area contributed by atoms with Crippen molar-refractivity contribution in [2.75, 3.05) is 7.05 Å². The molecule has 4 heteroatoms. The van der Waals surface area contributed by atoms with Gasteiger partial charge in [0.05, 0.1) is 5.56 Å². The number of nitrogens with zero attached hydrogens (tertiary/aromatic N) is 1. The molecule has 1 aromatic rings. The van der Waals surface area contributed by atoms with E-state index in [1.807, 2.05) is 0 Å². The Morgan fingerprint density at radius 2 is 2.05 bits per heavy atom. The van der Waals surface area contributed by atoms with E-state index in [0.717, 1.165) is 25.7 Å². The maximum atomic E-state index is 12.5. The lowest BCUT2D eigenvalue weighted by Gasteiger charge is -2.36. The summed E-state index contributed by atoms with van der Waals surface area (Å²) in [6, 6.07) is 5.35. The molecule has 1 aromatic carbocycles. The summed E-state index contributed by atoms with van der Waals surface area (Å²) in [5.74, 6) is -0.0766. The zero-order chi connectivity index (χ0) is 14.0. The SMILES string of the molecule is Cc1cccc(C(=O)N(C)C2CCCCC2N)c1O. The second kappa shape index (κ2) is 5.61. The van der Waals surface area contributed by atoms with Crippen LogP contribution in [0.15, 0.2) is 18.2 Å². The largest absolute Gasteiger partial charge is 0.507 e. The molecule has 2 unspecified atom stereocenters. The summed E-state index contributed by atoms with van der Waals surface area (Å²) in [6.45, 7) is 1.79. The summed E-state index contributed by atoms with van der Waals surface area (Å²) in [7, 11) is 1.78. The van der Waals surface area contributed by atoms with E-state index in [1.165, 1.54) is 0 Å². The summed E-state index contributed by atoms with van der Waals surface area (Å²) < 4.78 is 0. The Bertz CT molecular complexity index is 473. The van der Waals surface area contributed by atoms with Crippen LogP contribution < -0.4 is 5.73 Å². The molecule has 2 atom stereocenters. The van der Waals surface area contributed by atoms with Crippen LogP contribution in [0.3, 0.4) is 0 Å². The zero-order valence-corrected chi connectivity index (χ0v) is 11.6. The summed E-state index contributed by atoms with van der Waals surface area (Å²) >= 11 is 0. The molecular formula is C15H22N2O2. The standard InChI is InChI=1S/C15H22N2O2/c1-10-6-5-7-11(14(10)18)15(19)17(2)13-9-4-3-8-12(13)16/h5-7,12-13,18H,3-4,8-9,16H2,1-2H3. The molecule has 104 valence electrons. The quantitative estimate of drug-likeness (QED) is 0.857. The highest BCUT2D eigenvalue weighted by atomic mass is 16.3. The van der Waals surface area contributed by atoms with Crippen molar-refractivity contribution >= 4 is 5.91 Å². The Morgan fingerprint density at radius 3 is 2.74 bits per heavy atom. The number of carbonyl (C=O) groups is 1. The van der Waals surface area contributed by atoms with Crippen LogP contribution >= 0.6 is 0 Å². The van der Waals surface area contributed by atoms with E-state index < -0.39 is 0 Å². The highest BCUT2D eigenvalue weighted by Crippen LogP contribution is 2.26. The van der Waals surface area contributed by atoms with Crippen LogP contribution in [0.5, 0.6) is 5.75 Å². The number of hydrogen-bond donors (Lipinski definition) is 2. The average Bonchev–Trinajstić information content (AvgIpc) is 2.41. The van der Waals surface area contributed by atoms with E-state index in [2.05, 4.69) is 0 Å². The van der Waals surface area contributed by atoms with Crippen molar-refractivity contribution in [2.24, 2.45) is 5.73 Å². The minimum atomic E-state index is -0.149. The second-order valence-electron chi connectivity index (χ2n) is 5.40. The maximum Gasteiger partial charge on any atom is 0.257 e. The number of aromatic hydroxyl groups is 1. The number of phenols is 1. The fourth-order valence-corrected chi connectivity index (χ4v) is 2.79. The summed E-state index contributed by atoms with van der Waals surface area (Å²) in [4.78, 5) is 14.2. The Labute approximate surface area is 114 Å². The number of carbonyl (C=O) groups excluding carboxylic acids is 1. The molecule has 0 aliphatic heterocycles. The van der Waals surface area contributed by atoms with Gasteiger partial charge in [-0.1, -0.05) is 25.0 Å². The van der Waals surface area contributed by atoms with Gasteiger partial charge in [-0.15, -0.1) is 0 Å². The van der Waals surface area contributed by atoms with E-state index in [9.17, 15) is 9.90 Å². The van der Waals surface area contributed by atoms with E-state index >= 15 is 0 Å². The minimum absolute atomic E-state index is 0.0367. The highest BCUT2D eigenvalue weighted by molar-refractivity contribution is 5.97. The molecule has 4 nitrogen and oxygen atoms in total. The third-order valence-electron chi connectivity index (χ3n) is 4.07. The van der Waals surface area contributed by atoms with Crippen LogP contribution in [0.4, 0.5) is 0 Å². The first kappa shape index (κ1) is 13.9. The van der Waals surface area contributed by atoms with E-state index in [4.69, 9.17) is 5.73 Å². The van der Waals surface area contributed by atoms with Gasteiger partial charge in [0.25, 0.3) is 5.91 Å². The lowest BCUT2D eigenvalue weighted by molar-refractivity contribution is 0.0669. The molecule has 0 spiro atoms. The van der Waals surface area contributed by atoms with Gasteiger partial charge >= 0.3 is 0 Å². The van der Waals surface area contributed by atoms with Gasteiger partial charge in [0.2, 0.25) is 0 Å². The van der Waals surface area contributed by atoms with Gasteiger partial charge < -0.3 is 15.7 Å². The molecule has 0 heterocycles. The van der Waals surface area contributed by atoms with Crippen LogP contribution in [-0.2, 0) is 0 Å². The first-order valence-electron chi connectivity index (χ1n) is 6.83. The molecule has 3 N–H and O–H groups in total. The molecule has 1 aliphatic rings. The van der Waals surface area contributed by atoms with Crippen molar-refractivity contribution in [1.29, 1.82) is 0 Å². The molecule has 2 rings (SSSR count). The highest BCUT2D eigenvalue weighted by Gasteiger charge is 2.29. The molecule has 1 amide bonds. The van der Waals surface area contributed by atoms with Crippen LogP contribution in [0.25, 0.3) is 0 Å². The Morgan fingerprint density at radius 1 is 1.37 bits per heavy atom. The van der Waals surface area contributed by atoms with Crippen molar-refractivity contribution in [3.8, 4) is 5.75 Å². The van der Waals surface area contributed by atoms with E-state index in [1.54, 1.807) is 37.1 Å². The van der Waals surface area contributed by atoms with E-state index in [-0.39, 0.29) is 23.7 Å². The predicted molar refractivity (Wildman–Crippen MR) is 75.2 cm³/mol. The number of hydrogen-bond acceptors (Lipinski definition) is 3. The minimum Gasteiger partial charge on any atom is -0.507 e. The molecule has 0 aromatic heterocycles. The Kier molecular flexibility index (Phi) is 4.10. The molecule has 1 aliphatic carbocycles. The monoisotopic (exact) mass is 262 g/mol. The fraction of sp³-hybridized carbons (Fsp3) is 0.533. The average molecular weight is 262 g/mol. The van der Waals surface area contributed by atoms with Crippen molar-refractivity contribution < 1.29 is 9.90 Å². The first-order valence-corrected chi connectivity index (χ1v) is 6.83. The van der Waals surface area contributed by atoms with Crippen molar-refractivity contribution in [3.05, 3.63) is 29.3 Å². The van der Waals surface area contributed by atoms with Gasteiger partial charge in [-0.05, 0) is 31.4 Å². The zero-order valence-electron chi connectivity index (χ0n) is 11.6. The lowest BCUT2D eigenvalue weighted by Crippen LogP contribution is -2.50. The molecular weight excluding hydrogens is 240 g/mol. The maximum absolute atomic E-state index is 12.5. The van der Waals surface area contributed by atoms with Gasteiger partial charge in [-0.3, -0.25) is 4.79 Å². The van der Waals surface area contributed by atoms with Crippen LogP contribution in [-0.4, -0.2) is 35.0 Å². The normalized spacial score (nSPS) is 23.1. The number of likely N-dealkylation sites (N-methyl/N-ethyl adjacent to an activating group) is 1. The number of rotatable bonds is 2. The van der Waals surface area contributed by atoms with Crippen LogP contribution in [0.1, 0.15) is 41.6 Å². The van der Waals surface area contributed by atoms with Crippen molar-refractivity contribution in [3.63, 3.8) is 0 Å². The second-order valence-corrected chi connectivity index (χ2v) is 5.40. The fourth-order valence-electron chi connectivity index (χ4n) is 2.79. The number of para-hydroxylation sites is 1. The molecule has 0 radical (unpaired) electrons. The van der Waals surface area contributed by atoms with Gasteiger partial charge in [-0.25, -0.2) is 0 Å². The van der Waals surface area contributed by atoms with Gasteiger partial charge in [0.15, 0.2) is 0 Å². The number of amides is 1. The van der Waals surface area contributed by atoms with Crippen LogP contribution in [0, 0.1) is 6.92 Å². The first-order chi connectivity index (χ1) is 9.02. The third kappa shape index (κ3) is 2.73. The number of nitrogens with two attached hydrogens (primary N) is 1. The third-order valence-corrected chi connectivity index (χ3v) is 4.07. The Hall–Kier alpha value is -1.55. The summed E-state index contributed by atoms with van der Waals surface area (Å²) in [5.41, 5.74) is 7.18. The molecule has 0 bridgehead atoms. The van der Waals surface area contributed by atoms with E-state index in [0.29, 0.717) is 11.1 Å². The number of phenolic OH excluding ortho intramolecular Hbond substituents is 1. The predicted octanol–water partition coefficient (Wildman–Crippen LogP) is 2.04. The van der Waals surface area contributed by atoms with Gasteiger partial charge in [0, 0.05) is 19.1 Å². The van der Waals surface area contributed by atoms with Crippen molar-refractivity contribution in [2.45, 2.75) is 44.7 Å². The van der Waals surface area contributed by atoms with Crippen LogP contribution in [0.2, 0.25) is 0 Å². The Balaban J connectivity index is 2.21. The van der Waals surface area contributed by atoms with Crippen molar-refractivity contribution in [1.82, 2.24) is 4.90 Å². The smallest absolute Gasteiger partial charge is 0.257 e. The lowest BCUT2D eigenvalue weighted by atomic mass is 9.89. The number of aryl methyl sites for hydroxylation is 1. The topological polar surface area (TPSA) is 66.6 Å². The van der Waals surface area contributed by atoms with Gasteiger partial charge in [-0.2, -0.15) is 0 Å². The van der Waals surface area contributed by atoms with Gasteiger partial charge in [0.1, 0.15) is 5.75 Å². The molecule has 0 saturated heterocycles. The molecule has 19 heavy (non-hydrogen) atoms. The summed E-state index contributed by atoms with van der Waals surface area (Å²) in [6.07, 6.45) is 4.14.